The van der Waals surface area contributed by atoms with Gasteiger partial charge in [-0.05, 0) is 43.4 Å². The zero-order valence-electron chi connectivity index (χ0n) is 14.1. The van der Waals surface area contributed by atoms with Gasteiger partial charge >= 0.3 is 0 Å². The minimum atomic E-state index is -0.0775. The monoisotopic (exact) mass is 348 g/mol. The molecule has 0 spiro atoms. The minimum absolute atomic E-state index is 0.0298. The Morgan fingerprint density at radius 2 is 1.79 bits per heavy atom. The second-order valence-corrected chi connectivity index (χ2v) is 7.14. The highest BCUT2D eigenvalue weighted by Gasteiger charge is 2.32. The Hall–Kier alpha value is -1.53. The van der Waals surface area contributed by atoms with Crippen molar-refractivity contribution in [3.8, 4) is 0 Å². The van der Waals surface area contributed by atoms with Crippen LogP contribution in [0.15, 0.2) is 29.2 Å². The van der Waals surface area contributed by atoms with E-state index in [-0.39, 0.29) is 17.7 Å². The first kappa shape index (κ1) is 17.3. The van der Waals surface area contributed by atoms with Gasteiger partial charge in [0.2, 0.25) is 5.91 Å². The van der Waals surface area contributed by atoms with Crippen molar-refractivity contribution >= 4 is 23.6 Å². The maximum atomic E-state index is 12.7. The third-order valence-electron chi connectivity index (χ3n) is 4.72. The summed E-state index contributed by atoms with van der Waals surface area (Å²) in [5.74, 6) is 0.127. The van der Waals surface area contributed by atoms with Crippen LogP contribution in [0.25, 0.3) is 0 Å². The first-order valence-electron chi connectivity index (χ1n) is 8.49. The molecule has 1 aromatic carbocycles. The molecule has 5 nitrogen and oxygen atoms in total. The molecule has 2 amide bonds. The largest absolute Gasteiger partial charge is 0.378 e. The molecule has 2 heterocycles. The van der Waals surface area contributed by atoms with Crippen molar-refractivity contribution in [2.24, 2.45) is 5.92 Å². The Morgan fingerprint density at radius 3 is 2.46 bits per heavy atom. The fourth-order valence-corrected chi connectivity index (χ4v) is 3.73. The predicted molar refractivity (Wildman–Crippen MR) is 94.2 cm³/mol. The molecule has 1 aromatic rings. The maximum Gasteiger partial charge on any atom is 0.253 e. The van der Waals surface area contributed by atoms with Crippen molar-refractivity contribution in [3.05, 3.63) is 29.8 Å². The van der Waals surface area contributed by atoms with Crippen LogP contribution in [0.5, 0.6) is 0 Å². The number of piperidine rings is 1. The summed E-state index contributed by atoms with van der Waals surface area (Å²) in [7, 11) is 0. The van der Waals surface area contributed by atoms with Crippen molar-refractivity contribution < 1.29 is 14.3 Å². The van der Waals surface area contributed by atoms with E-state index in [1.165, 1.54) is 0 Å². The van der Waals surface area contributed by atoms with E-state index in [0.717, 1.165) is 24.3 Å². The third-order valence-corrected chi connectivity index (χ3v) is 5.46. The molecule has 3 rings (SSSR count). The van der Waals surface area contributed by atoms with Gasteiger partial charge in [-0.2, -0.15) is 0 Å². The maximum absolute atomic E-state index is 12.7. The number of hydrogen-bond acceptors (Lipinski definition) is 4. The van der Waals surface area contributed by atoms with Gasteiger partial charge < -0.3 is 14.5 Å². The minimum Gasteiger partial charge on any atom is -0.378 e. The summed E-state index contributed by atoms with van der Waals surface area (Å²) >= 11 is 1.66. The highest BCUT2D eigenvalue weighted by Crippen LogP contribution is 2.22. The molecule has 0 bridgehead atoms. The molecule has 2 fully saturated rings. The van der Waals surface area contributed by atoms with Crippen molar-refractivity contribution in [1.82, 2.24) is 9.80 Å². The van der Waals surface area contributed by atoms with E-state index in [2.05, 4.69) is 0 Å². The lowest BCUT2D eigenvalue weighted by Gasteiger charge is -2.36. The molecule has 0 radical (unpaired) electrons. The van der Waals surface area contributed by atoms with Gasteiger partial charge in [0, 0.05) is 36.6 Å². The molecular weight excluding hydrogens is 324 g/mol. The molecule has 1 atom stereocenters. The number of likely N-dealkylation sites (tertiary alicyclic amines) is 1. The van der Waals surface area contributed by atoms with Crippen LogP contribution < -0.4 is 0 Å². The summed E-state index contributed by atoms with van der Waals surface area (Å²) in [5.41, 5.74) is 0.701. The molecule has 0 aromatic heterocycles. The van der Waals surface area contributed by atoms with E-state index in [0.29, 0.717) is 38.4 Å². The van der Waals surface area contributed by atoms with Crippen molar-refractivity contribution in [2.75, 3.05) is 45.6 Å². The number of carbonyl (C=O) groups is 2. The van der Waals surface area contributed by atoms with Gasteiger partial charge in [-0.15, -0.1) is 11.8 Å². The Labute approximate surface area is 147 Å². The normalized spacial score (nSPS) is 21.6. The third kappa shape index (κ3) is 3.92. The van der Waals surface area contributed by atoms with E-state index in [1.807, 2.05) is 40.3 Å². The Kier molecular flexibility index (Phi) is 5.79. The van der Waals surface area contributed by atoms with Crippen LogP contribution in [0.1, 0.15) is 23.2 Å². The smallest absolute Gasteiger partial charge is 0.253 e. The van der Waals surface area contributed by atoms with Gasteiger partial charge in [-0.25, -0.2) is 0 Å². The number of rotatable bonds is 3. The van der Waals surface area contributed by atoms with E-state index in [4.69, 9.17) is 4.74 Å². The van der Waals surface area contributed by atoms with Crippen LogP contribution in [0.3, 0.4) is 0 Å². The lowest BCUT2D eigenvalue weighted by atomic mass is 9.95. The molecule has 1 unspecified atom stereocenters. The van der Waals surface area contributed by atoms with Gasteiger partial charge in [0.05, 0.1) is 19.1 Å². The lowest BCUT2D eigenvalue weighted by Crippen LogP contribution is -2.49. The van der Waals surface area contributed by atoms with Gasteiger partial charge in [-0.1, -0.05) is 0 Å². The number of benzene rings is 1. The van der Waals surface area contributed by atoms with Crippen molar-refractivity contribution in [2.45, 2.75) is 17.7 Å². The van der Waals surface area contributed by atoms with Crippen molar-refractivity contribution in [3.63, 3.8) is 0 Å². The number of ether oxygens (including phenoxy) is 1. The zero-order chi connectivity index (χ0) is 16.9. The lowest BCUT2D eigenvalue weighted by molar-refractivity contribution is -0.141. The van der Waals surface area contributed by atoms with Gasteiger partial charge in [0.25, 0.3) is 5.91 Å². The number of hydrogen-bond donors (Lipinski definition) is 0. The predicted octanol–water partition coefficient (Wildman–Crippen LogP) is 2.12. The summed E-state index contributed by atoms with van der Waals surface area (Å²) in [4.78, 5) is 30.3. The van der Waals surface area contributed by atoms with E-state index >= 15 is 0 Å². The summed E-state index contributed by atoms with van der Waals surface area (Å²) in [5, 5.41) is 0. The van der Waals surface area contributed by atoms with Gasteiger partial charge in [0.15, 0.2) is 0 Å². The van der Waals surface area contributed by atoms with Crippen molar-refractivity contribution in [1.29, 1.82) is 0 Å². The highest BCUT2D eigenvalue weighted by atomic mass is 32.2. The molecule has 2 aliphatic rings. The van der Waals surface area contributed by atoms with E-state index in [1.54, 1.807) is 11.8 Å². The number of thioether (sulfide) groups is 1. The number of carbonyl (C=O) groups excluding carboxylic acids is 2. The van der Waals surface area contributed by atoms with E-state index in [9.17, 15) is 9.59 Å². The average molecular weight is 348 g/mol. The van der Waals surface area contributed by atoms with Gasteiger partial charge in [-0.3, -0.25) is 9.59 Å². The van der Waals surface area contributed by atoms with Crippen LogP contribution in [0, 0.1) is 5.92 Å². The van der Waals surface area contributed by atoms with E-state index < -0.39 is 0 Å². The summed E-state index contributed by atoms with van der Waals surface area (Å²) in [6.07, 6.45) is 3.77. The fourth-order valence-electron chi connectivity index (χ4n) is 3.32. The zero-order valence-corrected chi connectivity index (χ0v) is 14.9. The number of amides is 2. The van der Waals surface area contributed by atoms with Crippen LogP contribution in [-0.2, 0) is 9.53 Å². The molecule has 0 saturated carbocycles. The Bertz CT molecular complexity index is 584. The Morgan fingerprint density at radius 1 is 1.08 bits per heavy atom. The SMILES string of the molecule is CSc1ccc(C(=O)N2CCCC(C(=O)N3CCOCC3)C2)cc1. The average Bonchev–Trinajstić information content (AvgIpc) is 2.67. The number of nitrogens with zero attached hydrogens (tertiary/aromatic N) is 2. The van der Waals surface area contributed by atoms with Gasteiger partial charge in [0.1, 0.15) is 0 Å². The van der Waals surface area contributed by atoms with Crippen LogP contribution in [0.2, 0.25) is 0 Å². The fraction of sp³-hybridized carbons (Fsp3) is 0.556. The second kappa shape index (κ2) is 8.03. The molecule has 0 aliphatic carbocycles. The molecule has 6 heteroatoms. The standard InChI is InChI=1S/C18H24N2O3S/c1-24-16-6-4-14(5-7-16)17(21)20-8-2-3-15(13-20)18(22)19-9-11-23-12-10-19/h4-7,15H,2-3,8-13H2,1H3. The summed E-state index contributed by atoms with van der Waals surface area (Å²) in [6, 6.07) is 7.69. The highest BCUT2D eigenvalue weighted by molar-refractivity contribution is 7.98. The number of morpholine rings is 1. The molecule has 0 N–H and O–H groups in total. The molecule has 2 aliphatic heterocycles. The summed E-state index contributed by atoms with van der Waals surface area (Å²) < 4.78 is 5.31. The van der Waals surface area contributed by atoms with Crippen LogP contribution in [-0.4, -0.2) is 67.3 Å². The summed E-state index contributed by atoms with van der Waals surface area (Å²) in [6.45, 7) is 3.82. The first-order chi connectivity index (χ1) is 11.7. The first-order valence-corrected chi connectivity index (χ1v) is 9.71. The second-order valence-electron chi connectivity index (χ2n) is 6.26. The van der Waals surface area contributed by atoms with Crippen LogP contribution >= 0.6 is 11.8 Å². The molecule has 24 heavy (non-hydrogen) atoms. The molecule has 2 saturated heterocycles. The van der Waals surface area contributed by atoms with Crippen LogP contribution in [0.4, 0.5) is 0 Å². The topological polar surface area (TPSA) is 49.9 Å². The quantitative estimate of drug-likeness (QED) is 0.785. The molecule has 130 valence electrons. The Balaban J connectivity index is 1.63. The molecular formula is C18H24N2O3S.